The maximum atomic E-state index is 5.89. The van der Waals surface area contributed by atoms with Crippen molar-refractivity contribution in [2.24, 2.45) is 10.7 Å². The Labute approximate surface area is 157 Å². The average molecular weight is 434 g/mol. The number of ether oxygens (including phenoxy) is 1. The molecule has 0 amide bonds. The Morgan fingerprint density at radius 3 is 2.57 bits per heavy atom. The fourth-order valence-electron chi connectivity index (χ4n) is 2.16. The molecule has 0 radical (unpaired) electrons. The Balaban J connectivity index is 0.00000484. The van der Waals surface area contributed by atoms with Gasteiger partial charge in [0.2, 0.25) is 0 Å². The third kappa shape index (κ3) is 11.2. The molecular formula is C17H31IN4O. The second-order valence-electron chi connectivity index (χ2n) is 5.69. The van der Waals surface area contributed by atoms with Crippen LogP contribution >= 0.6 is 24.0 Å². The summed E-state index contributed by atoms with van der Waals surface area (Å²) < 4.78 is 5.17. The first-order valence-corrected chi connectivity index (χ1v) is 7.97. The molecule has 23 heavy (non-hydrogen) atoms. The molecular weight excluding hydrogens is 403 g/mol. The number of guanidine groups is 1. The van der Waals surface area contributed by atoms with Crippen LogP contribution < -0.4 is 15.8 Å². The van der Waals surface area contributed by atoms with Crippen molar-refractivity contribution in [1.82, 2.24) is 4.90 Å². The normalized spacial score (nSPS) is 11.2. The van der Waals surface area contributed by atoms with Gasteiger partial charge in [-0.25, -0.2) is 0 Å². The molecule has 0 aromatic heterocycles. The zero-order valence-electron chi connectivity index (χ0n) is 14.5. The molecule has 0 heterocycles. The van der Waals surface area contributed by atoms with Crippen LogP contribution in [-0.4, -0.2) is 45.2 Å². The van der Waals surface area contributed by atoms with Gasteiger partial charge in [-0.3, -0.25) is 4.99 Å². The Morgan fingerprint density at radius 1 is 1.17 bits per heavy atom. The number of rotatable bonds is 10. The first-order chi connectivity index (χ1) is 10.6. The van der Waals surface area contributed by atoms with E-state index in [0.717, 1.165) is 24.4 Å². The Hall–Kier alpha value is -1.02. The summed E-state index contributed by atoms with van der Waals surface area (Å²) in [6.07, 6.45) is 6.13. The van der Waals surface area contributed by atoms with Crippen LogP contribution in [-0.2, 0) is 0 Å². The van der Waals surface area contributed by atoms with E-state index >= 15 is 0 Å². The van der Waals surface area contributed by atoms with Crippen molar-refractivity contribution in [2.45, 2.75) is 32.1 Å². The van der Waals surface area contributed by atoms with Gasteiger partial charge < -0.3 is 20.7 Å². The Kier molecular flexibility index (Phi) is 12.8. The van der Waals surface area contributed by atoms with Crippen LogP contribution in [0.25, 0.3) is 0 Å². The van der Waals surface area contributed by atoms with E-state index in [9.17, 15) is 0 Å². The van der Waals surface area contributed by atoms with Gasteiger partial charge in [-0.2, -0.15) is 0 Å². The fourth-order valence-corrected chi connectivity index (χ4v) is 2.16. The summed E-state index contributed by atoms with van der Waals surface area (Å²) in [6.45, 7) is 1.95. The summed E-state index contributed by atoms with van der Waals surface area (Å²) in [6, 6.07) is 7.65. The van der Waals surface area contributed by atoms with E-state index in [4.69, 9.17) is 10.5 Å². The minimum atomic E-state index is 0. The Morgan fingerprint density at radius 2 is 1.87 bits per heavy atom. The zero-order chi connectivity index (χ0) is 16.2. The van der Waals surface area contributed by atoms with Gasteiger partial charge in [0.15, 0.2) is 5.96 Å². The summed E-state index contributed by atoms with van der Waals surface area (Å²) in [4.78, 5) is 6.59. The molecule has 132 valence electrons. The minimum Gasteiger partial charge on any atom is -0.497 e. The highest BCUT2D eigenvalue weighted by Crippen LogP contribution is 2.16. The maximum Gasteiger partial charge on any atom is 0.193 e. The van der Waals surface area contributed by atoms with Gasteiger partial charge in [-0.15, -0.1) is 24.0 Å². The monoisotopic (exact) mass is 434 g/mol. The first-order valence-electron chi connectivity index (χ1n) is 7.97. The van der Waals surface area contributed by atoms with E-state index in [1.807, 2.05) is 24.3 Å². The van der Waals surface area contributed by atoms with Crippen LogP contribution in [0.15, 0.2) is 29.3 Å². The van der Waals surface area contributed by atoms with Crippen LogP contribution in [0.4, 0.5) is 5.69 Å². The number of nitrogens with two attached hydrogens (primary N) is 1. The molecule has 3 N–H and O–H groups in total. The van der Waals surface area contributed by atoms with Gasteiger partial charge in [-0.1, -0.05) is 25.3 Å². The van der Waals surface area contributed by atoms with E-state index in [0.29, 0.717) is 5.96 Å². The SMILES string of the molecule is COc1cccc(NC(N)=NCCCCCCCN(C)C)c1.I. The molecule has 0 saturated heterocycles. The van der Waals surface area contributed by atoms with Crippen LogP contribution in [0.5, 0.6) is 5.75 Å². The second kappa shape index (κ2) is 13.4. The molecule has 0 spiro atoms. The second-order valence-corrected chi connectivity index (χ2v) is 5.69. The lowest BCUT2D eigenvalue weighted by molar-refractivity contribution is 0.390. The van der Waals surface area contributed by atoms with Gasteiger partial charge in [0, 0.05) is 18.3 Å². The lowest BCUT2D eigenvalue weighted by atomic mass is 10.1. The highest BCUT2D eigenvalue weighted by molar-refractivity contribution is 14.0. The number of nitrogens with one attached hydrogen (secondary N) is 1. The summed E-state index contributed by atoms with van der Waals surface area (Å²) in [5, 5.41) is 3.08. The number of methoxy groups -OCH3 is 1. The smallest absolute Gasteiger partial charge is 0.193 e. The average Bonchev–Trinajstić information content (AvgIpc) is 2.49. The lowest BCUT2D eigenvalue weighted by Gasteiger charge is -2.08. The number of hydrogen-bond acceptors (Lipinski definition) is 3. The van der Waals surface area contributed by atoms with Crippen molar-refractivity contribution < 1.29 is 4.74 Å². The molecule has 0 aliphatic heterocycles. The van der Waals surface area contributed by atoms with Crippen molar-refractivity contribution in [3.63, 3.8) is 0 Å². The van der Waals surface area contributed by atoms with Gasteiger partial charge in [0.25, 0.3) is 0 Å². The predicted molar refractivity (Wildman–Crippen MR) is 110 cm³/mol. The topological polar surface area (TPSA) is 62.9 Å². The highest BCUT2D eigenvalue weighted by Gasteiger charge is 1.97. The summed E-state index contributed by atoms with van der Waals surface area (Å²) in [5.74, 6) is 1.26. The third-order valence-electron chi connectivity index (χ3n) is 3.39. The standard InChI is InChI=1S/C17H30N4O.HI/c1-21(2)13-8-6-4-5-7-12-19-17(18)20-15-10-9-11-16(14-15)22-3;/h9-11,14H,4-8,12-13H2,1-3H3,(H3,18,19,20);1H. The van der Waals surface area contributed by atoms with Gasteiger partial charge >= 0.3 is 0 Å². The van der Waals surface area contributed by atoms with E-state index in [1.54, 1.807) is 7.11 Å². The van der Waals surface area contributed by atoms with Gasteiger partial charge in [0.05, 0.1) is 7.11 Å². The van der Waals surface area contributed by atoms with Crippen LogP contribution in [0, 0.1) is 0 Å². The number of unbranched alkanes of at least 4 members (excludes halogenated alkanes) is 4. The molecule has 0 unspecified atom stereocenters. The minimum absolute atomic E-state index is 0. The van der Waals surface area contributed by atoms with Crippen molar-refractivity contribution in [3.05, 3.63) is 24.3 Å². The largest absolute Gasteiger partial charge is 0.497 e. The lowest BCUT2D eigenvalue weighted by Crippen LogP contribution is -2.22. The molecule has 1 rings (SSSR count). The van der Waals surface area contributed by atoms with Crippen molar-refractivity contribution in [1.29, 1.82) is 0 Å². The number of halogens is 1. The van der Waals surface area contributed by atoms with Crippen molar-refractivity contribution >= 4 is 35.6 Å². The molecule has 0 saturated carbocycles. The highest BCUT2D eigenvalue weighted by atomic mass is 127. The quantitative estimate of drug-likeness (QED) is 0.256. The van der Waals surface area contributed by atoms with Crippen molar-refractivity contribution in [3.8, 4) is 5.75 Å². The molecule has 0 bridgehead atoms. The van der Waals surface area contributed by atoms with E-state index in [-0.39, 0.29) is 24.0 Å². The molecule has 6 heteroatoms. The molecule has 0 aliphatic rings. The summed E-state index contributed by atoms with van der Waals surface area (Å²) in [7, 11) is 5.88. The summed E-state index contributed by atoms with van der Waals surface area (Å²) >= 11 is 0. The predicted octanol–water partition coefficient (Wildman–Crippen LogP) is 3.55. The molecule has 1 aromatic carbocycles. The number of hydrogen-bond donors (Lipinski definition) is 2. The van der Waals surface area contributed by atoms with Gasteiger partial charge in [-0.05, 0) is 45.6 Å². The van der Waals surface area contributed by atoms with Gasteiger partial charge in [0.1, 0.15) is 5.75 Å². The first kappa shape index (κ1) is 22.0. The zero-order valence-corrected chi connectivity index (χ0v) is 16.9. The maximum absolute atomic E-state index is 5.89. The molecule has 0 aliphatic carbocycles. The number of nitrogens with zero attached hydrogens (tertiary/aromatic N) is 2. The molecule has 0 atom stereocenters. The number of benzene rings is 1. The van der Waals surface area contributed by atoms with E-state index in [2.05, 4.69) is 29.3 Å². The van der Waals surface area contributed by atoms with E-state index < -0.39 is 0 Å². The van der Waals surface area contributed by atoms with Crippen LogP contribution in [0.2, 0.25) is 0 Å². The Bertz CT molecular complexity index is 452. The summed E-state index contributed by atoms with van der Waals surface area (Å²) in [5.41, 5.74) is 6.78. The van der Waals surface area contributed by atoms with Crippen LogP contribution in [0.3, 0.4) is 0 Å². The molecule has 1 aromatic rings. The number of aliphatic imine (C=N–C) groups is 1. The van der Waals surface area contributed by atoms with Crippen LogP contribution in [0.1, 0.15) is 32.1 Å². The molecule has 5 nitrogen and oxygen atoms in total. The third-order valence-corrected chi connectivity index (χ3v) is 3.39. The molecule has 0 fully saturated rings. The van der Waals surface area contributed by atoms with E-state index in [1.165, 1.54) is 32.2 Å². The van der Waals surface area contributed by atoms with Crippen molar-refractivity contribution in [2.75, 3.05) is 39.6 Å². The number of anilines is 1. The fraction of sp³-hybridized carbons (Fsp3) is 0.588.